The van der Waals surface area contributed by atoms with Crippen molar-refractivity contribution in [2.24, 2.45) is 0 Å². The lowest BCUT2D eigenvalue weighted by Gasteiger charge is -2.19. The summed E-state index contributed by atoms with van der Waals surface area (Å²) in [5, 5.41) is 3.11. The molecule has 0 fully saturated rings. The molecule has 8 heteroatoms. The minimum Gasteiger partial charge on any atom is -0.461 e. The second-order valence-electron chi connectivity index (χ2n) is 13.8. The molecule has 0 aromatic heterocycles. The van der Waals surface area contributed by atoms with Crippen LogP contribution in [-0.4, -0.2) is 69.4 Å². The van der Waals surface area contributed by atoms with Crippen molar-refractivity contribution < 1.29 is 28.6 Å². The molecule has 1 amide bonds. The van der Waals surface area contributed by atoms with Crippen molar-refractivity contribution in [1.29, 1.82) is 0 Å². The van der Waals surface area contributed by atoms with E-state index >= 15 is 0 Å². The molecule has 0 atom stereocenters. The van der Waals surface area contributed by atoms with E-state index in [2.05, 4.69) is 36.2 Å². The van der Waals surface area contributed by atoms with Crippen LogP contribution in [0.2, 0.25) is 0 Å². The van der Waals surface area contributed by atoms with E-state index in [1.54, 1.807) is 0 Å². The Hall–Kier alpha value is -2.35. The molecule has 0 bridgehead atoms. The summed E-state index contributed by atoms with van der Waals surface area (Å²) in [7, 11) is 4.03. The van der Waals surface area contributed by atoms with Gasteiger partial charge in [-0.15, -0.1) is 0 Å². The third-order valence-corrected chi connectivity index (χ3v) is 8.63. The second-order valence-corrected chi connectivity index (χ2v) is 13.8. The quantitative estimate of drug-likeness (QED) is 0.0306. The summed E-state index contributed by atoms with van der Waals surface area (Å²) in [5.41, 5.74) is 0. The van der Waals surface area contributed by atoms with Crippen molar-refractivity contribution in [1.82, 2.24) is 10.2 Å². The number of carbonyl (C=O) groups is 3. The molecular formula is C41H76N2O6. The monoisotopic (exact) mass is 693 g/mol. The predicted octanol–water partition coefficient (Wildman–Crippen LogP) is 10.6. The molecule has 8 nitrogen and oxygen atoms in total. The number of esters is 2. The van der Waals surface area contributed by atoms with Crippen LogP contribution in [0.15, 0.2) is 24.3 Å². The minimum atomic E-state index is -0.321. The Balaban J connectivity index is 4.16. The smallest absolute Gasteiger partial charge is 0.407 e. The Kier molecular flexibility index (Phi) is 35.1. The number of amides is 1. The Labute approximate surface area is 301 Å². The molecule has 0 aliphatic heterocycles. The summed E-state index contributed by atoms with van der Waals surface area (Å²) in [5.74, 6) is -0.222. The van der Waals surface area contributed by atoms with Crippen molar-refractivity contribution in [2.45, 2.75) is 180 Å². The average molecular weight is 693 g/mol. The van der Waals surface area contributed by atoms with Gasteiger partial charge in [0.05, 0.1) is 6.61 Å². The zero-order valence-electron chi connectivity index (χ0n) is 32.3. The van der Waals surface area contributed by atoms with Crippen LogP contribution in [0.5, 0.6) is 0 Å². The molecule has 0 unspecified atom stereocenters. The van der Waals surface area contributed by atoms with Crippen molar-refractivity contribution in [3.8, 4) is 0 Å². The molecule has 1 N–H and O–H groups in total. The predicted molar refractivity (Wildman–Crippen MR) is 204 cm³/mol. The minimum absolute atomic E-state index is 0.103. The van der Waals surface area contributed by atoms with Gasteiger partial charge in [-0.25, -0.2) is 4.79 Å². The number of rotatable bonds is 35. The van der Waals surface area contributed by atoms with Crippen molar-refractivity contribution in [3.63, 3.8) is 0 Å². The van der Waals surface area contributed by atoms with Gasteiger partial charge >= 0.3 is 18.0 Å². The molecule has 0 heterocycles. The van der Waals surface area contributed by atoms with Gasteiger partial charge in [0.2, 0.25) is 0 Å². The molecule has 0 saturated carbocycles. The van der Waals surface area contributed by atoms with Crippen LogP contribution >= 0.6 is 0 Å². The van der Waals surface area contributed by atoms with Gasteiger partial charge in [-0.05, 0) is 71.9 Å². The number of allylic oxidation sites excluding steroid dienone is 2. The van der Waals surface area contributed by atoms with E-state index < -0.39 is 0 Å². The normalized spacial score (nSPS) is 12.2. The van der Waals surface area contributed by atoms with Crippen molar-refractivity contribution >= 4 is 18.0 Å². The van der Waals surface area contributed by atoms with Gasteiger partial charge in [-0.3, -0.25) is 9.59 Å². The third kappa shape index (κ3) is 36.7. The van der Waals surface area contributed by atoms with E-state index in [1.807, 2.05) is 26.2 Å². The van der Waals surface area contributed by atoms with Crippen LogP contribution in [0, 0.1) is 0 Å². The van der Waals surface area contributed by atoms with Crippen LogP contribution in [0.3, 0.4) is 0 Å². The number of hydrogen-bond acceptors (Lipinski definition) is 7. The molecule has 0 aliphatic carbocycles. The van der Waals surface area contributed by atoms with E-state index in [4.69, 9.17) is 14.2 Å². The van der Waals surface area contributed by atoms with Gasteiger partial charge in [0, 0.05) is 25.4 Å². The van der Waals surface area contributed by atoms with E-state index in [1.165, 1.54) is 51.4 Å². The second kappa shape index (κ2) is 36.9. The van der Waals surface area contributed by atoms with Crippen molar-refractivity contribution in [2.75, 3.05) is 40.5 Å². The van der Waals surface area contributed by atoms with E-state index in [9.17, 15) is 14.4 Å². The van der Waals surface area contributed by atoms with Gasteiger partial charge < -0.3 is 24.4 Å². The fourth-order valence-corrected chi connectivity index (χ4v) is 5.60. The summed E-state index contributed by atoms with van der Waals surface area (Å²) < 4.78 is 16.1. The molecule has 286 valence electrons. The highest BCUT2D eigenvalue weighted by Gasteiger charge is 2.13. The average Bonchev–Trinajstić information content (AvgIpc) is 3.07. The molecule has 0 aliphatic rings. The van der Waals surface area contributed by atoms with E-state index in [0.29, 0.717) is 32.7 Å². The maximum Gasteiger partial charge on any atom is 0.407 e. The molecular weight excluding hydrogens is 616 g/mol. The van der Waals surface area contributed by atoms with Crippen LogP contribution < -0.4 is 5.32 Å². The Bertz CT molecular complexity index is 777. The SMILES string of the molecule is CCCCCCC=CCOC(=O)CCCCCCCC(CCCCCCCC(=O)OCC=CCCCCCC)NC(=O)OCCCN(C)C. The van der Waals surface area contributed by atoms with Crippen LogP contribution in [0.1, 0.15) is 174 Å². The highest BCUT2D eigenvalue weighted by Crippen LogP contribution is 2.15. The topological polar surface area (TPSA) is 94.2 Å². The zero-order chi connectivity index (χ0) is 36.0. The number of carbonyl (C=O) groups excluding carboxylic acids is 3. The molecule has 0 aromatic carbocycles. The highest BCUT2D eigenvalue weighted by atomic mass is 16.5. The first-order valence-corrected chi connectivity index (χ1v) is 20.1. The lowest BCUT2D eigenvalue weighted by molar-refractivity contribution is -0.143. The van der Waals surface area contributed by atoms with Gasteiger partial charge in [-0.2, -0.15) is 0 Å². The summed E-state index contributed by atoms with van der Waals surface area (Å²) in [6, 6.07) is 0.103. The zero-order valence-corrected chi connectivity index (χ0v) is 32.3. The molecule has 49 heavy (non-hydrogen) atoms. The number of unbranched alkanes of at least 4 members (excludes halogenated alkanes) is 16. The first-order valence-electron chi connectivity index (χ1n) is 20.1. The van der Waals surface area contributed by atoms with Crippen LogP contribution in [-0.2, 0) is 23.8 Å². The maximum absolute atomic E-state index is 12.5. The standard InChI is InChI=1S/C41H76N2O6/c1-5-7-9-11-13-21-27-35-47-39(44)32-25-19-15-17-23-30-38(42-41(46)49-37-29-34-43(3)4)31-24-18-16-20-26-33-40(45)48-36-28-22-14-12-10-8-6-2/h21-22,27-28,38H,5-20,23-26,29-37H2,1-4H3,(H,42,46). The first kappa shape index (κ1) is 46.6. The summed E-state index contributed by atoms with van der Waals surface area (Å²) in [6.07, 6.45) is 33.7. The summed E-state index contributed by atoms with van der Waals surface area (Å²) in [6.45, 7) is 6.50. The Morgan fingerprint density at radius 2 is 1.00 bits per heavy atom. The number of ether oxygens (including phenoxy) is 3. The third-order valence-electron chi connectivity index (χ3n) is 8.63. The van der Waals surface area contributed by atoms with E-state index in [-0.39, 0.29) is 24.1 Å². The summed E-state index contributed by atoms with van der Waals surface area (Å²) >= 11 is 0. The maximum atomic E-state index is 12.5. The lowest BCUT2D eigenvalue weighted by atomic mass is 10.00. The first-order chi connectivity index (χ1) is 23.9. The fourth-order valence-electron chi connectivity index (χ4n) is 5.60. The highest BCUT2D eigenvalue weighted by molar-refractivity contribution is 5.69. The number of hydrogen-bond donors (Lipinski definition) is 1. The molecule has 0 rings (SSSR count). The number of alkyl carbamates (subject to hydrolysis) is 1. The van der Waals surface area contributed by atoms with Gasteiger partial charge in [0.25, 0.3) is 0 Å². The number of nitrogens with one attached hydrogen (secondary N) is 1. The summed E-state index contributed by atoms with van der Waals surface area (Å²) in [4.78, 5) is 38.5. The Morgan fingerprint density at radius 1 is 0.551 bits per heavy atom. The van der Waals surface area contributed by atoms with Gasteiger partial charge in [0.15, 0.2) is 0 Å². The van der Waals surface area contributed by atoms with Crippen LogP contribution in [0.4, 0.5) is 4.79 Å². The number of nitrogens with zero attached hydrogens (tertiary/aromatic N) is 1. The Morgan fingerprint density at radius 3 is 1.47 bits per heavy atom. The largest absolute Gasteiger partial charge is 0.461 e. The molecule has 0 aromatic rings. The molecule has 0 spiro atoms. The molecule has 0 saturated heterocycles. The van der Waals surface area contributed by atoms with Gasteiger partial charge in [0.1, 0.15) is 13.2 Å². The van der Waals surface area contributed by atoms with Crippen molar-refractivity contribution in [3.05, 3.63) is 24.3 Å². The van der Waals surface area contributed by atoms with Crippen LogP contribution in [0.25, 0.3) is 0 Å². The van der Waals surface area contributed by atoms with Gasteiger partial charge in [-0.1, -0.05) is 128 Å². The molecule has 0 radical (unpaired) electrons. The fraction of sp³-hybridized carbons (Fsp3) is 0.829. The lowest BCUT2D eigenvalue weighted by Crippen LogP contribution is -2.35. The van der Waals surface area contributed by atoms with E-state index in [0.717, 1.165) is 103 Å².